The van der Waals surface area contributed by atoms with Crippen LogP contribution in [0.3, 0.4) is 0 Å². The van der Waals surface area contributed by atoms with Crippen molar-refractivity contribution in [3.8, 4) is 0 Å². The molecular formula is C11H20O. The first-order valence-electron chi connectivity index (χ1n) is 4.88. The molecule has 0 aromatic rings. The Balaban J connectivity index is 2.64. The molecule has 0 aromatic heterocycles. The summed E-state index contributed by atoms with van der Waals surface area (Å²) in [6.07, 6.45) is 1.75. The maximum Gasteiger partial charge on any atom is 0.137 e. The van der Waals surface area contributed by atoms with Crippen LogP contribution in [0.15, 0.2) is 0 Å². The van der Waals surface area contributed by atoms with Crippen LogP contribution in [0, 0.1) is 16.7 Å². The number of carbonyl (C=O) groups is 1. The number of ketones is 1. The van der Waals surface area contributed by atoms with Gasteiger partial charge in [-0.05, 0) is 17.3 Å². The Labute approximate surface area is 75.5 Å². The molecule has 0 saturated heterocycles. The molecular weight excluding hydrogens is 148 g/mol. The van der Waals surface area contributed by atoms with E-state index in [1.54, 1.807) is 0 Å². The van der Waals surface area contributed by atoms with Gasteiger partial charge in [-0.2, -0.15) is 0 Å². The fourth-order valence-electron chi connectivity index (χ4n) is 2.39. The van der Waals surface area contributed by atoms with E-state index in [4.69, 9.17) is 0 Å². The monoisotopic (exact) mass is 168 g/mol. The molecule has 12 heavy (non-hydrogen) atoms. The van der Waals surface area contributed by atoms with Gasteiger partial charge in [0.1, 0.15) is 5.78 Å². The lowest BCUT2D eigenvalue weighted by atomic mass is 10.0. The maximum absolute atomic E-state index is 11.6. The summed E-state index contributed by atoms with van der Waals surface area (Å²) >= 11 is 0. The van der Waals surface area contributed by atoms with E-state index in [9.17, 15) is 4.79 Å². The second kappa shape index (κ2) is 2.58. The molecule has 0 spiro atoms. The first kappa shape index (κ1) is 9.76. The smallest absolute Gasteiger partial charge is 0.137 e. The minimum absolute atomic E-state index is 0.235. The van der Waals surface area contributed by atoms with Crippen LogP contribution in [0.4, 0.5) is 0 Å². The van der Waals surface area contributed by atoms with Gasteiger partial charge in [0.05, 0.1) is 0 Å². The number of hydrogen-bond acceptors (Lipinski definition) is 1. The molecule has 1 fully saturated rings. The van der Waals surface area contributed by atoms with E-state index in [0.29, 0.717) is 11.7 Å². The minimum Gasteiger partial charge on any atom is -0.299 e. The summed E-state index contributed by atoms with van der Waals surface area (Å²) in [5, 5.41) is 0. The minimum atomic E-state index is 0.235. The summed E-state index contributed by atoms with van der Waals surface area (Å²) in [7, 11) is 0. The summed E-state index contributed by atoms with van der Waals surface area (Å²) in [6, 6.07) is 0. The molecule has 0 radical (unpaired) electrons. The molecule has 0 N–H and O–H groups in total. The van der Waals surface area contributed by atoms with Gasteiger partial charge in [0.2, 0.25) is 0 Å². The SMILES string of the molecule is CCCC(=O)C1C(C)(C)C1(C)C. The first-order chi connectivity index (χ1) is 5.35. The third kappa shape index (κ3) is 1.10. The lowest BCUT2D eigenvalue weighted by molar-refractivity contribution is -0.121. The quantitative estimate of drug-likeness (QED) is 0.633. The van der Waals surface area contributed by atoms with Gasteiger partial charge in [0.25, 0.3) is 0 Å². The Morgan fingerprint density at radius 3 is 1.83 bits per heavy atom. The van der Waals surface area contributed by atoms with Gasteiger partial charge in [-0.15, -0.1) is 0 Å². The van der Waals surface area contributed by atoms with Crippen LogP contribution >= 0.6 is 0 Å². The molecule has 1 aliphatic rings. The van der Waals surface area contributed by atoms with Crippen LogP contribution in [0.5, 0.6) is 0 Å². The fourth-order valence-corrected chi connectivity index (χ4v) is 2.39. The van der Waals surface area contributed by atoms with Crippen LogP contribution in [-0.2, 0) is 4.79 Å². The van der Waals surface area contributed by atoms with Crippen LogP contribution in [0.1, 0.15) is 47.5 Å². The third-order valence-corrected chi connectivity index (χ3v) is 3.84. The number of carbonyl (C=O) groups excluding carboxylic acids is 1. The third-order valence-electron chi connectivity index (χ3n) is 3.84. The van der Waals surface area contributed by atoms with Crippen LogP contribution in [0.2, 0.25) is 0 Å². The zero-order valence-corrected chi connectivity index (χ0v) is 8.90. The lowest BCUT2D eigenvalue weighted by Crippen LogP contribution is -2.05. The standard InChI is InChI=1S/C11H20O/c1-6-7-8(12)9-10(2,3)11(9,4)5/h9H,6-7H2,1-5H3. The van der Waals surface area contributed by atoms with Crippen LogP contribution in [-0.4, -0.2) is 5.78 Å². The van der Waals surface area contributed by atoms with E-state index in [1.165, 1.54) is 0 Å². The Morgan fingerprint density at radius 1 is 1.17 bits per heavy atom. The molecule has 1 heteroatoms. The van der Waals surface area contributed by atoms with E-state index in [1.807, 2.05) is 0 Å². The molecule has 1 aliphatic carbocycles. The number of Topliss-reactive ketones (excluding diaryl/α,β-unsaturated/α-hetero) is 1. The van der Waals surface area contributed by atoms with Gasteiger partial charge in [-0.1, -0.05) is 34.6 Å². The Morgan fingerprint density at radius 2 is 1.58 bits per heavy atom. The van der Waals surface area contributed by atoms with Gasteiger partial charge in [0.15, 0.2) is 0 Å². The van der Waals surface area contributed by atoms with Gasteiger partial charge < -0.3 is 0 Å². The second-order valence-electron chi connectivity index (χ2n) is 5.09. The van der Waals surface area contributed by atoms with Crippen LogP contribution in [0.25, 0.3) is 0 Å². The largest absolute Gasteiger partial charge is 0.299 e. The normalized spacial score (nSPS) is 25.4. The summed E-state index contributed by atoms with van der Waals surface area (Å²) in [5.74, 6) is 0.775. The highest BCUT2D eigenvalue weighted by Crippen LogP contribution is 2.68. The van der Waals surface area contributed by atoms with Gasteiger partial charge in [0, 0.05) is 12.3 Å². The average Bonchev–Trinajstić information content (AvgIpc) is 2.24. The summed E-state index contributed by atoms with van der Waals surface area (Å²) in [6.45, 7) is 10.9. The molecule has 0 atom stereocenters. The molecule has 0 unspecified atom stereocenters. The zero-order valence-electron chi connectivity index (χ0n) is 8.90. The highest BCUT2D eigenvalue weighted by Gasteiger charge is 2.67. The van der Waals surface area contributed by atoms with Gasteiger partial charge >= 0.3 is 0 Å². The van der Waals surface area contributed by atoms with E-state index < -0.39 is 0 Å². The van der Waals surface area contributed by atoms with Crippen molar-refractivity contribution in [3.63, 3.8) is 0 Å². The van der Waals surface area contributed by atoms with Gasteiger partial charge in [-0.25, -0.2) is 0 Å². The molecule has 0 heterocycles. The first-order valence-corrected chi connectivity index (χ1v) is 4.88. The van der Waals surface area contributed by atoms with Crippen molar-refractivity contribution in [2.75, 3.05) is 0 Å². The molecule has 1 saturated carbocycles. The van der Waals surface area contributed by atoms with Crippen molar-refractivity contribution in [1.82, 2.24) is 0 Å². The maximum atomic E-state index is 11.6. The second-order valence-corrected chi connectivity index (χ2v) is 5.09. The number of hydrogen-bond donors (Lipinski definition) is 0. The molecule has 0 aromatic carbocycles. The summed E-state index contributed by atoms with van der Waals surface area (Å²) in [4.78, 5) is 11.6. The fraction of sp³-hybridized carbons (Fsp3) is 0.909. The number of rotatable bonds is 3. The van der Waals surface area contributed by atoms with E-state index in [0.717, 1.165) is 12.8 Å². The highest BCUT2D eigenvalue weighted by atomic mass is 16.1. The summed E-state index contributed by atoms with van der Waals surface area (Å²) in [5.41, 5.74) is 0.471. The summed E-state index contributed by atoms with van der Waals surface area (Å²) < 4.78 is 0. The van der Waals surface area contributed by atoms with E-state index in [2.05, 4.69) is 34.6 Å². The van der Waals surface area contributed by atoms with E-state index >= 15 is 0 Å². The predicted octanol–water partition coefficient (Wildman–Crippen LogP) is 3.04. The topological polar surface area (TPSA) is 17.1 Å². The molecule has 1 nitrogen and oxygen atoms in total. The zero-order chi connectivity index (χ0) is 9.57. The molecule has 70 valence electrons. The van der Waals surface area contributed by atoms with E-state index in [-0.39, 0.29) is 10.8 Å². The molecule has 0 bridgehead atoms. The van der Waals surface area contributed by atoms with Crippen molar-refractivity contribution in [2.24, 2.45) is 16.7 Å². The Bertz CT molecular complexity index is 187. The Hall–Kier alpha value is -0.330. The van der Waals surface area contributed by atoms with Crippen molar-refractivity contribution in [3.05, 3.63) is 0 Å². The molecule has 0 aliphatic heterocycles. The highest BCUT2D eigenvalue weighted by molar-refractivity contribution is 5.86. The van der Waals surface area contributed by atoms with Gasteiger partial charge in [-0.3, -0.25) is 4.79 Å². The van der Waals surface area contributed by atoms with Crippen molar-refractivity contribution in [1.29, 1.82) is 0 Å². The van der Waals surface area contributed by atoms with Crippen molar-refractivity contribution in [2.45, 2.75) is 47.5 Å². The average molecular weight is 168 g/mol. The predicted molar refractivity (Wildman–Crippen MR) is 51.0 cm³/mol. The molecule has 0 amide bonds. The van der Waals surface area contributed by atoms with Crippen molar-refractivity contribution >= 4 is 5.78 Å². The van der Waals surface area contributed by atoms with Crippen molar-refractivity contribution < 1.29 is 4.79 Å². The Kier molecular flexibility index (Phi) is 2.10. The van der Waals surface area contributed by atoms with Crippen LogP contribution < -0.4 is 0 Å². The lowest BCUT2D eigenvalue weighted by Gasteiger charge is -2.03. The molecule has 1 rings (SSSR count).